The van der Waals surface area contributed by atoms with E-state index in [1.807, 2.05) is 31.0 Å². The van der Waals surface area contributed by atoms with Crippen LogP contribution >= 0.6 is 22.9 Å². The van der Waals surface area contributed by atoms with Gasteiger partial charge in [0, 0.05) is 22.1 Å². The summed E-state index contributed by atoms with van der Waals surface area (Å²) in [5, 5.41) is 5.62. The molecular formula is C16H19ClN2OS. The minimum Gasteiger partial charge on any atom is -0.325 e. The van der Waals surface area contributed by atoms with Gasteiger partial charge < -0.3 is 5.32 Å². The number of nitrogens with one attached hydrogen (secondary N) is 1. The number of hydrogen-bond acceptors (Lipinski definition) is 3. The van der Waals surface area contributed by atoms with Crippen LogP contribution in [-0.4, -0.2) is 24.4 Å². The number of aryl methyl sites for hydroxylation is 2. The predicted octanol–water partition coefficient (Wildman–Crippen LogP) is 4.09. The van der Waals surface area contributed by atoms with Gasteiger partial charge in [0.25, 0.3) is 0 Å². The fraction of sp³-hybridized carbons (Fsp3) is 0.312. The van der Waals surface area contributed by atoms with Crippen LogP contribution in [0.5, 0.6) is 0 Å². The van der Waals surface area contributed by atoms with E-state index >= 15 is 0 Å². The third kappa shape index (κ3) is 4.56. The molecule has 5 heteroatoms. The molecule has 0 aliphatic heterocycles. The molecule has 1 aromatic heterocycles. The average Bonchev–Trinajstić information content (AvgIpc) is 2.79. The molecule has 1 aromatic carbocycles. The Morgan fingerprint density at radius 2 is 2.05 bits per heavy atom. The molecule has 0 aliphatic rings. The fourth-order valence-electron chi connectivity index (χ4n) is 2.03. The molecule has 0 spiro atoms. The topological polar surface area (TPSA) is 32.3 Å². The first-order valence-electron chi connectivity index (χ1n) is 6.73. The molecule has 0 aliphatic carbocycles. The number of nitrogens with zero attached hydrogens (tertiary/aromatic N) is 1. The molecule has 0 saturated carbocycles. The lowest BCUT2D eigenvalue weighted by Gasteiger charge is -2.16. The fourth-order valence-corrected chi connectivity index (χ4v) is 3.19. The highest BCUT2D eigenvalue weighted by Crippen LogP contribution is 2.20. The van der Waals surface area contributed by atoms with Crippen LogP contribution in [0.15, 0.2) is 29.6 Å². The lowest BCUT2D eigenvalue weighted by molar-refractivity contribution is -0.117. The lowest BCUT2D eigenvalue weighted by Crippen LogP contribution is -2.30. The van der Waals surface area contributed by atoms with Crippen molar-refractivity contribution in [3.8, 4) is 0 Å². The highest BCUT2D eigenvalue weighted by molar-refractivity contribution is 7.10. The van der Waals surface area contributed by atoms with Crippen molar-refractivity contribution in [2.75, 3.05) is 18.9 Å². The van der Waals surface area contributed by atoms with Crippen molar-refractivity contribution in [1.29, 1.82) is 0 Å². The zero-order chi connectivity index (χ0) is 15.4. The molecule has 1 N–H and O–H groups in total. The molecule has 112 valence electrons. The van der Waals surface area contributed by atoms with Gasteiger partial charge in [-0.3, -0.25) is 9.69 Å². The van der Waals surface area contributed by atoms with Crippen LogP contribution in [0.2, 0.25) is 5.02 Å². The molecule has 3 nitrogen and oxygen atoms in total. The van der Waals surface area contributed by atoms with Crippen LogP contribution in [0.3, 0.4) is 0 Å². The maximum Gasteiger partial charge on any atom is 0.238 e. The molecule has 2 aromatic rings. The molecule has 2 rings (SSSR count). The molecule has 21 heavy (non-hydrogen) atoms. The number of carbonyl (C=O) groups is 1. The van der Waals surface area contributed by atoms with E-state index in [4.69, 9.17) is 11.6 Å². The van der Waals surface area contributed by atoms with Gasteiger partial charge in [0.2, 0.25) is 5.91 Å². The van der Waals surface area contributed by atoms with E-state index in [0.717, 1.165) is 17.8 Å². The van der Waals surface area contributed by atoms with Crippen molar-refractivity contribution in [3.63, 3.8) is 0 Å². The number of anilines is 1. The Morgan fingerprint density at radius 3 is 2.71 bits per heavy atom. The van der Waals surface area contributed by atoms with Gasteiger partial charge >= 0.3 is 0 Å². The predicted molar refractivity (Wildman–Crippen MR) is 90.2 cm³/mol. The minimum atomic E-state index is -0.0305. The monoisotopic (exact) mass is 322 g/mol. The van der Waals surface area contributed by atoms with E-state index in [1.165, 1.54) is 10.4 Å². The molecule has 0 bridgehead atoms. The second-order valence-corrected chi connectivity index (χ2v) is 6.64. The smallest absolute Gasteiger partial charge is 0.238 e. The van der Waals surface area contributed by atoms with E-state index < -0.39 is 0 Å². The summed E-state index contributed by atoms with van der Waals surface area (Å²) in [7, 11) is 1.95. The SMILES string of the molecule is Cc1ccc(Cl)cc1NC(=O)CN(C)Cc1sccc1C. The first kappa shape index (κ1) is 16.0. The van der Waals surface area contributed by atoms with E-state index in [1.54, 1.807) is 17.4 Å². The number of hydrogen-bond donors (Lipinski definition) is 1. The van der Waals surface area contributed by atoms with Gasteiger partial charge in [-0.15, -0.1) is 11.3 Å². The molecule has 0 radical (unpaired) electrons. The zero-order valence-electron chi connectivity index (χ0n) is 12.4. The standard InChI is InChI=1S/C16H19ClN2OS/c1-11-4-5-13(17)8-14(11)18-16(20)10-19(3)9-15-12(2)6-7-21-15/h4-8H,9-10H2,1-3H3,(H,18,20). The van der Waals surface area contributed by atoms with Gasteiger partial charge in [-0.05, 0) is 55.6 Å². The molecule has 1 amide bonds. The van der Waals surface area contributed by atoms with E-state index in [-0.39, 0.29) is 5.91 Å². The highest BCUT2D eigenvalue weighted by atomic mass is 35.5. The summed E-state index contributed by atoms with van der Waals surface area (Å²) in [5.74, 6) is -0.0305. The summed E-state index contributed by atoms with van der Waals surface area (Å²) in [6, 6.07) is 7.59. The van der Waals surface area contributed by atoms with Gasteiger partial charge in [0.05, 0.1) is 6.54 Å². The summed E-state index contributed by atoms with van der Waals surface area (Å²) in [6.45, 7) is 5.18. The quantitative estimate of drug-likeness (QED) is 0.899. The maximum atomic E-state index is 12.1. The summed E-state index contributed by atoms with van der Waals surface area (Å²) in [4.78, 5) is 15.4. The average molecular weight is 323 g/mol. The third-order valence-electron chi connectivity index (χ3n) is 3.27. The van der Waals surface area contributed by atoms with Crippen LogP contribution < -0.4 is 5.32 Å². The highest BCUT2D eigenvalue weighted by Gasteiger charge is 2.10. The van der Waals surface area contributed by atoms with Gasteiger partial charge in [-0.1, -0.05) is 17.7 Å². The summed E-state index contributed by atoms with van der Waals surface area (Å²) in [5.41, 5.74) is 3.05. The number of likely N-dealkylation sites (N-methyl/N-ethyl adjacent to an activating group) is 1. The van der Waals surface area contributed by atoms with E-state index in [2.05, 4.69) is 23.7 Å². The number of carbonyl (C=O) groups excluding carboxylic acids is 1. The van der Waals surface area contributed by atoms with Crippen LogP contribution in [-0.2, 0) is 11.3 Å². The minimum absolute atomic E-state index is 0.0305. The van der Waals surface area contributed by atoms with Crippen molar-refractivity contribution in [2.45, 2.75) is 20.4 Å². The Kier molecular flexibility index (Phi) is 5.39. The number of benzene rings is 1. The number of halogens is 1. The summed E-state index contributed by atoms with van der Waals surface area (Å²) >= 11 is 7.68. The van der Waals surface area contributed by atoms with Crippen LogP contribution in [0.25, 0.3) is 0 Å². The normalized spacial score (nSPS) is 10.9. The Hall–Kier alpha value is -1.36. The molecule has 0 atom stereocenters. The van der Waals surface area contributed by atoms with Crippen molar-refractivity contribution in [3.05, 3.63) is 50.7 Å². The Balaban J connectivity index is 1.92. The molecular weight excluding hydrogens is 304 g/mol. The van der Waals surface area contributed by atoms with Crippen molar-refractivity contribution in [2.24, 2.45) is 0 Å². The van der Waals surface area contributed by atoms with Crippen molar-refractivity contribution in [1.82, 2.24) is 4.90 Å². The van der Waals surface area contributed by atoms with Crippen LogP contribution in [0, 0.1) is 13.8 Å². The van der Waals surface area contributed by atoms with Gasteiger partial charge in [-0.25, -0.2) is 0 Å². The molecule has 0 unspecified atom stereocenters. The van der Waals surface area contributed by atoms with Crippen LogP contribution in [0.1, 0.15) is 16.0 Å². The van der Waals surface area contributed by atoms with Crippen molar-refractivity contribution >= 4 is 34.5 Å². The Morgan fingerprint density at radius 1 is 1.29 bits per heavy atom. The van der Waals surface area contributed by atoms with E-state index in [0.29, 0.717) is 11.6 Å². The lowest BCUT2D eigenvalue weighted by atomic mass is 10.2. The van der Waals surface area contributed by atoms with Crippen molar-refractivity contribution < 1.29 is 4.79 Å². The largest absolute Gasteiger partial charge is 0.325 e. The first-order chi connectivity index (χ1) is 9.95. The first-order valence-corrected chi connectivity index (χ1v) is 7.99. The van der Waals surface area contributed by atoms with Gasteiger partial charge in [-0.2, -0.15) is 0 Å². The second-order valence-electron chi connectivity index (χ2n) is 5.21. The Labute approximate surface area is 134 Å². The number of thiophene rings is 1. The van der Waals surface area contributed by atoms with Crippen LogP contribution in [0.4, 0.5) is 5.69 Å². The molecule has 1 heterocycles. The van der Waals surface area contributed by atoms with Gasteiger partial charge in [0.15, 0.2) is 0 Å². The maximum absolute atomic E-state index is 12.1. The number of rotatable bonds is 5. The summed E-state index contributed by atoms with van der Waals surface area (Å²) < 4.78 is 0. The number of amides is 1. The second kappa shape index (κ2) is 7.07. The molecule has 0 fully saturated rings. The summed E-state index contributed by atoms with van der Waals surface area (Å²) in [6.07, 6.45) is 0. The van der Waals surface area contributed by atoms with E-state index in [9.17, 15) is 4.79 Å². The zero-order valence-corrected chi connectivity index (χ0v) is 14.0. The van der Waals surface area contributed by atoms with Gasteiger partial charge in [0.1, 0.15) is 0 Å². The Bertz CT molecular complexity index is 639. The molecule has 0 saturated heterocycles. The third-order valence-corrected chi connectivity index (χ3v) is 4.51.